The van der Waals surface area contributed by atoms with E-state index in [4.69, 9.17) is 22.7 Å². The molecule has 1 aromatic rings. The number of rotatable bonds is 7. The van der Waals surface area contributed by atoms with Gasteiger partial charge < -0.3 is 20.7 Å². The maximum absolute atomic E-state index is 12.0. The summed E-state index contributed by atoms with van der Waals surface area (Å²) in [5, 5.41) is 2.48. The van der Waals surface area contributed by atoms with Gasteiger partial charge in [-0.05, 0) is 19.1 Å². The summed E-state index contributed by atoms with van der Waals surface area (Å²) in [6, 6.07) is 6.97. The molecule has 114 valence electrons. The molecule has 0 aromatic heterocycles. The van der Waals surface area contributed by atoms with Gasteiger partial charge in [0.25, 0.3) is 5.91 Å². The summed E-state index contributed by atoms with van der Waals surface area (Å²) in [6.07, 6.45) is 0. The van der Waals surface area contributed by atoms with E-state index in [1.54, 1.807) is 31.2 Å². The van der Waals surface area contributed by atoms with E-state index in [9.17, 15) is 9.59 Å². The van der Waals surface area contributed by atoms with E-state index in [2.05, 4.69) is 5.32 Å². The Balaban J connectivity index is 2.67. The van der Waals surface area contributed by atoms with E-state index < -0.39 is 0 Å². The molecule has 0 unspecified atom stereocenters. The molecule has 0 aliphatic heterocycles. The third-order valence-electron chi connectivity index (χ3n) is 2.85. The Morgan fingerprint density at radius 2 is 2.05 bits per heavy atom. The van der Waals surface area contributed by atoms with Gasteiger partial charge in [0.15, 0.2) is 6.61 Å². The van der Waals surface area contributed by atoms with Crippen molar-refractivity contribution in [2.45, 2.75) is 6.92 Å². The van der Waals surface area contributed by atoms with Gasteiger partial charge in [0.1, 0.15) is 10.7 Å². The largest absolute Gasteiger partial charge is 0.483 e. The number of likely N-dealkylation sites (N-methyl/N-ethyl adjacent to an activating group) is 2. The first-order valence-corrected chi connectivity index (χ1v) is 6.90. The molecule has 0 bridgehead atoms. The summed E-state index contributed by atoms with van der Waals surface area (Å²) in [6.45, 7) is 2.05. The van der Waals surface area contributed by atoms with Gasteiger partial charge in [-0.2, -0.15) is 0 Å². The second-order valence-electron chi connectivity index (χ2n) is 4.23. The Morgan fingerprint density at radius 3 is 2.62 bits per heavy atom. The van der Waals surface area contributed by atoms with E-state index in [1.807, 2.05) is 0 Å². The van der Waals surface area contributed by atoms with Crippen LogP contribution < -0.4 is 15.8 Å². The number of thiocarbonyl (C=S) groups is 1. The van der Waals surface area contributed by atoms with Crippen molar-refractivity contribution in [3.8, 4) is 5.75 Å². The summed E-state index contributed by atoms with van der Waals surface area (Å²) < 4.78 is 5.47. The fourth-order valence-corrected chi connectivity index (χ4v) is 1.82. The van der Waals surface area contributed by atoms with Crippen LogP contribution in [-0.2, 0) is 9.59 Å². The molecule has 0 spiro atoms. The first-order chi connectivity index (χ1) is 9.99. The Bertz CT molecular complexity index is 534. The first-order valence-electron chi connectivity index (χ1n) is 6.49. The predicted molar refractivity (Wildman–Crippen MR) is 84.1 cm³/mol. The minimum absolute atomic E-state index is 0.00609. The maximum atomic E-state index is 12.0. The number of para-hydroxylation sites is 1. The zero-order valence-electron chi connectivity index (χ0n) is 12.1. The van der Waals surface area contributed by atoms with Crippen molar-refractivity contribution in [2.75, 3.05) is 26.7 Å². The summed E-state index contributed by atoms with van der Waals surface area (Å²) in [5.74, 6) is -0.0538. The molecule has 0 radical (unpaired) electrons. The van der Waals surface area contributed by atoms with Crippen LogP contribution in [0.1, 0.15) is 12.5 Å². The van der Waals surface area contributed by atoms with Crippen LogP contribution in [0.15, 0.2) is 24.3 Å². The lowest BCUT2D eigenvalue weighted by molar-refractivity contribution is -0.137. The highest BCUT2D eigenvalue weighted by Gasteiger charge is 2.16. The molecular formula is C14H19N3O3S. The van der Waals surface area contributed by atoms with Crippen LogP contribution in [-0.4, -0.2) is 48.4 Å². The molecule has 3 N–H and O–H groups in total. The van der Waals surface area contributed by atoms with Crippen LogP contribution in [0.4, 0.5) is 0 Å². The van der Waals surface area contributed by atoms with Gasteiger partial charge in [-0.1, -0.05) is 24.4 Å². The minimum atomic E-state index is -0.279. The van der Waals surface area contributed by atoms with Gasteiger partial charge >= 0.3 is 0 Å². The number of benzene rings is 1. The van der Waals surface area contributed by atoms with E-state index in [0.29, 0.717) is 17.9 Å². The lowest BCUT2D eigenvalue weighted by atomic mass is 10.2. The molecule has 0 saturated heterocycles. The number of carbonyl (C=O) groups is 2. The van der Waals surface area contributed by atoms with E-state index in [1.165, 1.54) is 11.9 Å². The number of hydrogen-bond donors (Lipinski definition) is 2. The molecule has 0 aliphatic carbocycles. The van der Waals surface area contributed by atoms with E-state index in [0.717, 1.165) is 0 Å². The standard InChI is InChI=1S/C14H19N3O3S/c1-3-17(8-12(18)16-2)13(19)9-20-11-7-5-4-6-10(11)14(15)21/h4-7H,3,8-9H2,1-2H3,(H2,15,21)(H,16,18). The molecule has 0 saturated carbocycles. The highest BCUT2D eigenvalue weighted by molar-refractivity contribution is 7.80. The number of hydrogen-bond acceptors (Lipinski definition) is 4. The third kappa shape index (κ3) is 5.03. The fourth-order valence-electron chi connectivity index (χ4n) is 1.66. The predicted octanol–water partition coefficient (Wildman–Crippen LogP) is 0.294. The van der Waals surface area contributed by atoms with Crippen LogP contribution in [0.25, 0.3) is 0 Å². The molecule has 2 amide bonds. The number of carbonyl (C=O) groups excluding carboxylic acids is 2. The summed E-state index contributed by atoms with van der Waals surface area (Å²) in [7, 11) is 1.52. The van der Waals surface area contributed by atoms with Crippen molar-refractivity contribution in [1.82, 2.24) is 10.2 Å². The molecule has 0 aliphatic rings. The zero-order valence-corrected chi connectivity index (χ0v) is 12.9. The van der Waals surface area contributed by atoms with Gasteiger partial charge in [0, 0.05) is 13.6 Å². The van der Waals surface area contributed by atoms with Crippen molar-refractivity contribution in [3.05, 3.63) is 29.8 Å². The number of nitrogens with two attached hydrogens (primary N) is 1. The Morgan fingerprint density at radius 1 is 1.38 bits per heavy atom. The first kappa shape index (κ1) is 16.9. The topological polar surface area (TPSA) is 84.7 Å². The smallest absolute Gasteiger partial charge is 0.260 e. The van der Waals surface area contributed by atoms with Crippen LogP contribution in [0, 0.1) is 0 Å². The number of nitrogens with one attached hydrogen (secondary N) is 1. The second-order valence-corrected chi connectivity index (χ2v) is 4.67. The lowest BCUT2D eigenvalue weighted by Gasteiger charge is -2.20. The fraction of sp³-hybridized carbons (Fsp3) is 0.357. The maximum Gasteiger partial charge on any atom is 0.260 e. The number of amides is 2. The van der Waals surface area contributed by atoms with E-state index in [-0.39, 0.29) is 30.0 Å². The van der Waals surface area contributed by atoms with Crippen LogP contribution in [0.2, 0.25) is 0 Å². The van der Waals surface area contributed by atoms with E-state index >= 15 is 0 Å². The van der Waals surface area contributed by atoms with Crippen molar-refractivity contribution in [1.29, 1.82) is 0 Å². The molecule has 0 heterocycles. The number of nitrogens with zero attached hydrogens (tertiary/aromatic N) is 1. The van der Waals surface area contributed by atoms with Crippen molar-refractivity contribution in [3.63, 3.8) is 0 Å². The average molecular weight is 309 g/mol. The highest BCUT2D eigenvalue weighted by Crippen LogP contribution is 2.17. The molecule has 1 aromatic carbocycles. The van der Waals surface area contributed by atoms with Crippen molar-refractivity contribution < 1.29 is 14.3 Å². The zero-order chi connectivity index (χ0) is 15.8. The average Bonchev–Trinajstić information content (AvgIpc) is 2.49. The number of ether oxygens (including phenoxy) is 1. The summed E-state index contributed by atoms with van der Waals surface area (Å²) in [5.41, 5.74) is 6.17. The summed E-state index contributed by atoms with van der Waals surface area (Å²) >= 11 is 4.93. The SMILES string of the molecule is CCN(CC(=O)NC)C(=O)COc1ccccc1C(N)=S. The van der Waals surface area contributed by atoms with Gasteiger partial charge in [-0.3, -0.25) is 9.59 Å². The molecule has 21 heavy (non-hydrogen) atoms. The van der Waals surface area contributed by atoms with Crippen molar-refractivity contribution in [2.24, 2.45) is 5.73 Å². The molecular weight excluding hydrogens is 290 g/mol. The normalized spacial score (nSPS) is 9.81. The van der Waals surface area contributed by atoms with Gasteiger partial charge in [0.05, 0.1) is 12.1 Å². The van der Waals surface area contributed by atoms with Gasteiger partial charge in [-0.15, -0.1) is 0 Å². The lowest BCUT2D eigenvalue weighted by Crippen LogP contribution is -2.41. The van der Waals surface area contributed by atoms with Crippen LogP contribution in [0.3, 0.4) is 0 Å². The third-order valence-corrected chi connectivity index (χ3v) is 3.07. The monoisotopic (exact) mass is 309 g/mol. The highest BCUT2D eigenvalue weighted by atomic mass is 32.1. The molecule has 0 fully saturated rings. The van der Waals surface area contributed by atoms with Gasteiger partial charge in [0.2, 0.25) is 5.91 Å². The van der Waals surface area contributed by atoms with Crippen LogP contribution in [0.5, 0.6) is 5.75 Å². The van der Waals surface area contributed by atoms with Crippen LogP contribution >= 0.6 is 12.2 Å². The molecule has 7 heteroatoms. The Kier molecular flexibility index (Phi) is 6.61. The molecule has 6 nitrogen and oxygen atoms in total. The second kappa shape index (κ2) is 8.21. The van der Waals surface area contributed by atoms with Crippen molar-refractivity contribution >= 4 is 29.0 Å². The summed E-state index contributed by atoms with van der Waals surface area (Å²) in [4.78, 5) is 25.0. The molecule has 0 atom stereocenters. The van der Waals surface area contributed by atoms with Gasteiger partial charge in [-0.25, -0.2) is 0 Å². The minimum Gasteiger partial charge on any atom is -0.483 e. The molecule has 1 rings (SSSR count). The Hall–Kier alpha value is -2.15. The quantitative estimate of drug-likeness (QED) is 0.707. The Labute approximate surface area is 129 Å².